The van der Waals surface area contributed by atoms with Crippen LogP contribution in [0.4, 0.5) is 9.80 Å². The molecule has 0 saturated carbocycles. The van der Waals surface area contributed by atoms with Gasteiger partial charge in [0.05, 0.1) is 17.8 Å². The minimum atomic E-state index is -1.76. The summed E-state index contributed by atoms with van der Waals surface area (Å²) in [6.45, 7) is 3.38. The second-order valence-electron chi connectivity index (χ2n) is 5.19. The van der Waals surface area contributed by atoms with E-state index in [-0.39, 0.29) is 5.92 Å². The van der Waals surface area contributed by atoms with Crippen molar-refractivity contribution in [2.45, 2.75) is 30.1 Å². The van der Waals surface area contributed by atoms with Crippen molar-refractivity contribution in [2.24, 2.45) is 5.92 Å². The van der Waals surface area contributed by atoms with Gasteiger partial charge in [-0.1, -0.05) is 48.7 Å². The normalized spacial score (nSPS) is 12.8. The smallest absolute Gasteiger partial charge is 0.415 e. The molecule has 136 valence electrons. The highest BCUT2D eigenvalue weighted by atomic mass is 79.9. The summed E-state index contributed by atoms with van der Waals surface area (Å²) in [6, 6.07) is -0.894. The van der Waals surface area contributed by atoms with Crippen LogP contribution in [0.15, 0.2) is 10.7 Å². The summed E-state index contributed by atoms with van der Waals surface area (Å²) in [5.41, 5.74) is 0. The van der Waals surface area contributed by atoms with Crippen LogP contribution in [-0.4, -0.2) is 40.0 Å². The average Bonchev–Trinajstić information content (AvgIpc) is 2.88. The van der Waals surface area contributed by atoms with Crippen LogP contribution in [-0.2, 0) is 14.3 Å². The molecule has 0 saturated heterocycles. The molecule has 0 aromatic carbocycles. The number of rotatable bonds is 6. The quantitative estimate of drug-likeness (QED) is 0.430. The zero-order valence-corrected chi connectivity index (χ0v) is 17.8. The molecule has 24 heavy (non-hydrogen) atoms. The molecule has 0 aliphatic heterocycles. The standard InChI is InChI=1S/C13H16BrCl3N2O4S/c1-7(2)4-9(11(20)22-3)19(10-8(14)5-18-24-10)12(21)23-6-13(15,16)17/h5,7,9H,4,6H2,1-3H3. The molecule has 1 aromatic heterocycles. The van der Waals surface area contributed by atoms with Crippen molar-refractivity contribution in [1.82, 2.24) is 4.37 Å². The molecule has 1 amide bonds. The zero-order valence-electron chi connectivity index (χ0n) is 13.1. The van der Waals surface area contributed by atoms with Crippen LogP contribution < -0.4 is 4.90 Å². The molecule has 1 rings (SSSR count). The number of carbonyl (C=O) groups excluding carboxylic acids is 2. The van der Waals surface area contributed by atoms with E-state index in [4.69, 9.17) is 44.3 Å². The van der Waals surface area contributed by atoms with E-state index in [1.807, 2.05) is 13.8 Å². The lowest BCUT2D eigenvalue weighted by atomic mass is 10.0. The second kappa shape index (κ2) is 9.43. The Hall–Kier alpha value is -0.280. The average molecular weight is 483 g/mol. The first-order valence-electron chi connectivity index (χ1n) is 6.77. The molecule has 0 aliphatic rings. The van der Waals surface area contributed by atoms with Gasteiger partial charge in [0.25, 0.3) is 0 Å². The number of amides is 1. The Morgan fingerprint density at radius 2 is 2.04 bits per heavy atom. The van der Waals surface area contributed by atoms with Gasteiger partial charge in [0.1, 0.15) is 17.6 Å². The van der Waals surface area contributed by atoms with E-state index >= 15 is 0 Å². The zero-order chi connectivity index (χ0) is 18.5. The molecule has 0 N–H and O–H groups in total. The number of aromatic nitrogens is 1. The molecule has 1 aromatic rings. The fourth-order valence-corrected chi connectivity index (χ4v) is 3.33. The fraction of sp³-hybridized carbons (Fsp3) is 0.615. The minimum absolute atomic E-state index is 0.115. The van der Waals surface area contributed by atoms with Gasteiger partial charge in [0, 0.05) is 0 Å². The van der Waals surface area contributed by atoms with Gasteiger partial charge in [0.2, 0.25) is 3.79 Å². The number of ether oxygens (including phenoxy) is 2. The van der Waals surface area contributed by atoms with Gasteiger partial charge in [0.15, 0.2) is 0 Å². The summed E-state index contributed by atoms with van der Waals surface area (Å²) in [5.74, 6) is -0.459. The lowest BCUT2D eigenvalue weighted by Crippen LogP contribution is -2.47. The van der Waals surface area contributed by atoms with E-state index in [0.29, 0.717) is 15.9 Å². The van der Waals surface area contributed by atoms with Crippen LogP contribution in [0.2, 0.25) is 0 Å². The molecule has 1 heterocycles. The number of hydrogen-bond acceptors (Lipinski definition) is 6. The largest absolute Gasteiger partial charge is 0.467 e. The Bertz CT molecular complexity index is 580. The molecule has 0 radical (unpaired) electrons. The fourth-order valence-electron chi connectivity index (χ4n) is 1.83. The molecule has 0 spiro atoms. The minimum Gasteiger partial charge on any atom is -0.467 e. The predicted octanol–water partition coefficient (Wildman–Crippen LogP) is 4.81. The number of esters is 1. The highest BCUT2D eigenvalue weighted by Gasteiger charge is 2.37. The first kappa shape index (κ1) is 21.8. The van der Waals surface area contributed by atoms with E-state index in [2.05, 4.69) is 20.3 Å². The van der Waals surface area contributed by atoms with E-state index in [9.17, 15) is 9.59 Å². The van der Waals surface area contributed by atoms with Gasteiger partial charge in [-0.2, -0.15) is 4.37 Å². The maximum absolute atomic E-state index is 12.6. The van der Waals surface area contributed by atoms with Crippen LogP contribution in [0.5, 0.6) is 0 Å². The monoisotopic (exact) mass is 480 g/mol. The lowest BCUT2D eigenvalue weighted by molar-refractivity contribution is -0.142. The van der Waals surface area contributed by atoms with Crippen molar-refractivity contribution >= 4 is 79.3 Å². The molecule has 0 fully saturated rings. The van der Waals surface area contributed by atoms with Crippen molar-refractivity contribution in [3.63, 3.8) is 0 Å². The molecule has 11 heteroatoms. The number of anilines is 1. The van der Waals surface area contributed by atoms with Crippen molar-refractivity contribution in [1.29, 1.82) is 0 Å². The van der Waals surface area contributed by atoms with Crippen LogP contribution in [0.1, 0.15) is 20.3 Å². The summed E-state index contributed by atoms with van der Waals surface area (Å²) in [6.07, 6.45) is 1.04. The summed E-state index contributed by atoms with van der Waals surface area (Å²) in [4.78, 5) is 26.0. The third kappa shape index (κ3) is 6.55. The Morgan fingerprint density at radius 1 is 1.42 bits per heavy atom. The Balaban J connectivity index is 3.18. The first-order valence-corrected chi connectivity index (χ1v) is 9.47. The highest BCUT2D eigenvalue weighted by molar-refractivity contribution is 9.10. The van der Waals surface area contributed by atoms with E-state index in [0.717, 1.165) is 11.5 Å². The number of alkyl halides is 3. The van der Waals surface area contributed by atoms with Crippen molar-refractivity contribution in [3.8, 4) is 0 Å². The molecule has 6 nitrogen and oxygen atoms in total. The third-order valence-electron chi connectivity index (χ3n) is 2.76. The van der Waals surface area contributed by atoms with E-state index in [1.54, 1.807) is 0 Å². The van der Waals surface area contributed by atoms with Crippen molar-refractivity contribution < 1.29 is 19.1 Å². The maximum Gasteiger partial charge on any atom is 0.415 e. The molecule has 1 unspecified atom stereocenters. The molecule has 0 bridgehead atoms. The molecular weight excluding hydrogens is 466 g/mol. The van der Waals surface area contributed by atoms with Crippen molar-refractivity contribution in [3.05, 3.63) is 10.7 Å². The van der Waals surface area contributed by atoms with Gasteiger partial charge in [-0.15, -0.1) is 0 Å². The van der Waals surface area contributed by atoms with Crippen LogP contribution in [0, 0.1) is 5.92 Å². The van der Waals surface area contributed by atoms with Gasteiger partial charge in [-0.05, 0) is 39.8 Å². The van der Waals surface area contributed by atoms with Gasteiger partial charge >= 0.3 is 12.1 Å². The van der Waals surface area contributed by atoms with Gasteiger partial charge in [-0.3, -0.25) is 4.90 Å². The van der Waals surface area contributed by atoms with E-state index in [1.165, 1.54) is 18.2 Å². The SMILES string of the molecule is COC(=O)C(CC(C)C)N(C(=O)OCC(Cl)(Cl)Cl)c1sncc1Br. The number of hydrogen-bond donors (Lipinski definition) is 0. The second-order valence-corrected chi connectivity index (χ2v) is 9.34. The molecule has 1 atom stereocenters. The van der Waals surface area contributed by atoms with Crippen LogP contribution in [0.25, 0.3) is 0 Å². The molecular formula is C13H16BrCl3N2O4S. The summed E-state index contributed by atoms with van der Waals surface area (Å²) >= 11 is 21.2. The summed E-state index contributed by atoms with van der Waals surface area (Å²) in [7, 11) is 1.25. The summed E-state index contributed by atoms with van der Waals surface area (Å²) < 4.78 is 12.7. The number of carbonyl (C=O) groups is 2. The first-order chi connectivity index (χ1) is 11.1. The van der Waals surface area contributed by atoms with Gasteiger partial charge in [-0.25, -0.2) is 9.59 Å². The summed E-state index contributed by atoms with van der Waals surface area (Å²) in [5, 5.41) is 0.403. The van der Waals surface area contributed by atoms with Crippen LogP contribution >= 0.6 is 62.3 Å². The Morgan fingerprint density at radius 3 is 2.46 bits per heavy atom. The number of halogens is 4. The van der Waals surface area contributed by atoms with E-state index < -0.39 is 28.5 Å². The number of nitrogens with zero attached hydrogens (tertiary/aromatic N) is 2. The third-order valence-corrected chi connectivity index (χ3v) is 4.73. The van der Waals surface area contributed by atoms with Gasteiger partial charge < -0.3 is 9.47 Å². The number of methoxy groups -OCH3 is 1. The lowest BCUT2D eigenvalue weighted by Gasteiger charge is -2.29. The van der Waals surface area contributed by atoms with Crippen LogP contribution in [0.3, 0.4) is 0 Å². The Labute approximate surface area is 167 Å². The topological polar surface area (TPSA) is 68.7 Å². The Kier molecular flexibility index (Phi) is 8.55. The maximum atomic E-state index is 12.6. The predicted molar refractivity (Wildman–Crippen MR) is 99.2 cm³/mol. The highest BCUT2D eigenvalue weighted by Crippen LogP contribution is 2.34. The van der Waals surface area contributed by atoms with Crippen molar-refractivity contribution in [2.75, 3.05) is 18.6 Å². The molecule has 0 aliphatic carbocycles.